The predicted molar refractivity (Wildman–Crippen MR) is 196 cm³/mol. The molecule has 2 N–H and O–H groups in total. The molecule has 2 amide bonds. The van der Waals surface area contributed by atoms with Gasteiger partial charge >= 0.3 is 11.9 Å². The molecule has 0 radical (unpaired) electrons. The van der Waals surface area contributed by atoms with Crippen molar-refractivity contribution in [3.05, 3.63) is 119 Å². The van der Waals surface area contributed by atoms with Crippen LogP contribution in [0.2, 0.25) is 0 Å². The van der Waals surface area contributed by atoms with Crippen molar-refractivity contribution in [3.8, 4) is 23.0 Å². The third kappa shape index (κ3) is 8.62. The van der Waals surface area contributed by atoms with Gasteiger partial charge in [0.2, 0.25) is 11.8 Å². The van der Waals surface area contributed by atoms with Gasteiger partial charge in [-0.2, -0.15) is 0 Å². The van der Waals surface area contributed by atoms with E-state index in [9.17, 15) is 29.4 Å². The zero-order valence-corrected chi connectivity index (χ0v) is 30.0. The molecule has 0 bridgehead atoms. The Bertz CT molecular complexity index is 1740. The lowest BCUT2D eigenvalue weighted by Gasteiger charge is -2.48. The lowest BCUT2D eigenvalue weighted by Crippen LogP contribution is -2.64. The number of carbonyl (C=O) groups is 4. The smallest absolute Gasteiger partial charge is 0.308 e. The molecule has 4 aromatic rings. The highest BCUT2D eigenvalue weighted by Crippen LogP contribution is 2.49. The standard InChI is InChI=1S/C42H46N2O8/c1-5-21-43(25-29-17-19-33(27(3)23-29)51-31-13-9-7-10-14-31)39(45)35-36(38(42(49)50)37(35)41(47)48)40(46)44(22-6-2)26-30-18-20-34(28(4)24-30)52-32-15-11-8-12-16-32/h7-20,23-24,35-38H,5-6,21-22,25-26H2,1-4H3,(H,47,48)(H,49,50). The van der Waals surface area contributed by atoms with E-state index in [-0.39, 0.29) is 13.1 Å². The summed E-state index contributed by atoms with van der Waals surface area (Å²) in [4.78, 5) is 56.9. The van der Waals surface area contributed by atoms with Gasteiger partial charge in [-0.15, -0.1) is 0 Å². The van der Waals surface area contributed by atoms with Crippen LogP contribution in [0.4, 0.5) is 0 Å². The minimum Gasteiger partial charge on any atom is -0.481 e. The molecule has 0 aromatic heterocycles. The van der Waals surface area contributed by atoms with Gasteiger partial charge in [0.25, 0.3) is 0 Å². The lowest BCUT2D eigenvalue weighted by molar-refractivity contribution is -0.187. The number of nitrogens with zero attached hydrogens (tertiary/aromatic N) is 2. The molecule has 4 aromatic carbocycles. The highest BCUT2D eigenvalue weighted by atomic mass is 16.5. The van der Waals surface area contributed by atoms with Gasteiger partial charge in [0.15, 0.2) is 0 Å². The van der Waals surface area contributed by atoms with Crippen LogP contribution < -0.4 is 9.47 Å². The summed E-state index contributed by atoms with van der Waals surface area (Å²) in [6, 6.07) is 29.9. The number of aliphatic carboxylic acids is 2. The summed E-state index contributed by atoms with van der Waals surface area (Å²) in [6.07, 6.45) is 1.16. The Kier molecular flexibility index (Phi) is 12.3. The molecular weight excluding hydrogens is 660 g/mol. The van der Waals surface area contributed by atoms with Gasteiger partial charge in [0.05, 0.1) is 23.7 Å². The van der Waals surface area contributed by atoms with Crippen molar-refractivity contribution in [2.45, 2.75) is 53.6 Å². The predicted octanol–water partition coefficient (Wildman–Crippen LogP) is 7.71. The fourth-order valence-corrected chi connectivity index (χ4v) is 6.99. The van der Waals surface area contributed by atoms with E-state index >= 15 is 0 Å². The molecule has 0 saturated heterocycles. The second-order valence-electron chi connectivity index (χ2n) is 13.3. The van der Waals surface area contributed by atoms with Crippen molar-refractivity contribution >= 4 is 23.8 Å². The minimum atomic E-state index is -1.54. The van der Waals surface area contributed by atoms with Crippen LogP contribution in [-0.4, -0.2) is 56.9 Å². The average Bonchev–Trinajstić information content (AvgIpc) is 3.10. The van der Waals surface area contributed by atoms with E-state index in [1.807, 2.05) is 125 Å². The molecule has 0 heterocycles. The number of carboxylic acid groups (broad SMARTS) is 2. The van der Waals surface area contributed by atoms with Crippen LogP contribution in [-0.2, 0) is 32.3 Å². The Morgan fingerprint density at radius 1 is 0.558 bits per heavy atom. The number of benzene rings is 4. The van der Waals surface area contributed by atoms with Crippen LogP contribution in [0.25, 0.3) is 0 Å². The zero-order chi connectivity index (χ0) is 37.4. The molecule has 4 atom stereocenters. The van der Waals surface area contributed by atoms with Crippen molar-refractivity contribution in [2.75, 3.05) is 13.1 Å². The summed E-state index contributed by atoms with van der Waals surface area (Å²) in [5.74, 6) is -6.93. The number of aryl methyl sites for hydroxylation is 2. The molecule has 10 nitrogen and oxygen atoms in total. The second-order valence-corrected chi connectivity index (χ2v) is 13.3. The molecule has 1 saturated carbocycles. The normalized spacial score (nSPS) is 17.8. The molecule has 52 heavy (non-hydrogen) atoms. The van der Waals surface area contributed by atoms with Gasteiger partial charge in [0, 0.05) is 26.2 Å². The Morgan fingerprint density at radius 2 is 0.923 bits per heavy atom. The van der Waals surface area contributed by atoms with Crippen molar-refractivity contribution in [3.63, 3.8) is 0 Å². The Labute approximate surface area is 304 Å². The molecule has 10 heteroatoms. The first kappa shape index (κ1) is 37.6. The van der Waals surface area contributed by atoms with E-state index in [2.05, 4.69) is 0 Å². The molecule has 1 aliphatic rings. The maximum absolute atomic E-state index is 14.3. The molecule has 4 unspecified atom stereocenters. The first-order valence-corrected chi connectivity index (χ1v) is 17.7. The molecule has 1 aliphatic carbocycles. The number of carboxylic acids is 2. The molecule has 5 rings (SSSR count). The number of amides is 2. The number of carbonyl (C=O) groups excluding carboxylic acids is 2. The van der Waals surface area contributed by atoms with Gasteiger partial charge in [-0.25, -0.2) is 0 Å². The number of hydrogen-bond donors (Lipinski definition) is 2. The zero-order valence-electron chi connectivity index (χ0n) is 30.0. The van der Waals surface area contributed by atoms with Crippen molar-refractivity contribution in [2.24, 2.45) is 23.7 Å². The van der Waals surface area contributed by atoms with E-state index in [1.54, 1.807) is 9.80 Å². The van der Waals surface area contributed by atoms with E-state index in [1.165, 1.54) is 0 Å². The van der Waals surface area contributed by atoms with Gasteiger partial charge in [-0.1, -0.05) is 74.5 Å². The highest BCUT2D eigenvalue weighted by molar-refractivity contribution is 5.99. The average molecular weight is 707 g/mol. The van der Waals surface area contributed by atoms with E-state index in [4.69, 9.17) is 9.47 Å². The first-order valence-electron chi connectivity index (χ1n) is 17.7. The van der Waals surface area contributed by atoms with E-state index in [0.717, 1.165) is 22.3 Å². The summed E-state index contributed by atoms with van der Waals surface area (Å²) >= 11 is 0. The second kappa shape index (κ2) is 17.0. The summed E-state index contributed by atoms with van der Waals surface area (Å²) < 4.78 is 12.0. The molecule has 0 spiro atoms. The lowest BCUT2D eigenvalue weighted by atomic mass is 9.55. The first-order chi connectivity index (χ1) is 25.0. The largest absolute Gasteiger partial charge is 0.481 e. The minimum absolute atomic E-state index is 0.163. The van der Waals surface area contributed by atoms with Crippen molar-refractivity contribution in [1.82, 2.24) is 9.80 Å². The van der Waals surface area contributed by atoms with Gasteiger partial charge in [-0.05, 0) is 85.3 Å². The highest BCUT2D eigenvalue weighted by Gasteiger charge is 2.64. The monoisotopic (exact) mass is 706 g/mol. The van der Waals surface area contributed by atoms with Crippen LogP contribution in [0.5, 0.6) is 23.0 Å². The Balaban J connectivity index is 1.38. The number of hydrogen-bond acceptors (Lipinski definition) is 6. The quantitative estimate of drug-likeness (QED) is 0.121. The summed E-state index contributed by atoms with van der Waals surface area (Å²) in [5.41, 5.74) is 3.29. The maximum Gasteiger partial charge on any atom is 0.308 e. The summed E-state index contributed by atoms with van der Waals surface area (Å²) in [5, 5.41) is 20.4. The fraction of sp³-hybridized carbons (Fsp3) is 0.333. The van der Waals surface area contributed by atoms with Crippen LogP contribution >= 0.6 is 0 Å². The van der Waals surface area contributed by atoms with Crippen LogP contribution in [0.3, 0.4) is 0 Å². The van der Waals surface area contributed by atoms with E-state index in [0.29, 0.717) is 48.9 Å². The summed E-state index contributed by atoms with van der Waals surface area (Å²) in [6.45, 7) is 8.54. The Hall–Kier alpha value is -5.64. The van der Waals surface area contributed by atoms with Crippen LogP contribution in [0.1, 0.15) is 48.9 Å². The SMILES string of the molecule is CCCN(Cc1ccc(Oc2ccccc2)c(C)c1)C(=O)C1C(C(=O)O)C(C(=O)O)C1C(=O)N(CCC)Cc1ccc(Oc2ccccc2)c(C)c1. The van der Waals surface area contributed by atoms with Crippen LogP contribution in [0.15, 0.2) is 97.1 Å². The number of rotatable bonds is 16. The van der Waals surface area contributed by atoms with Crippen molar-refractivity contribution < 1.29 is 38.9 Å². The van der Waals surface area contributed by atoms with Crippen LogP contribution in [0, 0.1) is 37.5 Å². The van der Waals surface area contributed by atoms with E-state index < -0.39 is 47.4 Å². The molecular formula is C42H46N2O8. The van der Waals surface area contributed by atoms with Gasteiger partial charge in [-0.3, -0.25) is 19.2 Å². The number of ether oxygens (including phenoxy) is 2. The molecule has 272 valence electrons. The third-order valence-electron chi connectivity index (χ3n) is 9.47. The number of para-hydroxylation sites is 2. The topological polar surface area (TPSA) is 134 Å². The van der Waals surface area contributed by atoms with Gasteiger partial charge < -0.3 is 29.5 Å². The molecule has 1 fully saturated rings. The molecule has 0 aliphatic heterocycles. The Morgan fingerprint density at radius 3 is 1.23 bits per heavy atom. The fourth-order valence-electron chi connectivity index (χ4n) is 6.99. The maximum atomic E-state index is 14.3. The van der Waals surface area contributed by atoms with Crippen molar-refractivity contribution in [1.29, 1.82) is 0 Å². The third-order valence-corrected chi connectivity index (χ3v) is 9.47. The van der Waals surface area contributed by atoms with Gasteiger partial charge in [0.1, 0.15) is 23.0 Å². The summed E-state index contributed by atoms with van der Waals surface area (Å²) in [7, 11) is 0.